The zero-order valence-corrected chi connectivity index (χ0v) is 15.7. The van der Waals surface area contributed by atoms with Crippen molar-refractivity contribution >= 4 is 12.0 Å². The molecular weight excluding hydrogens is 330 g/mol. The van der Waals surface area contributed by atoms with Gasteiger partial charge in [-0.15, -0.1) is 0 Å². The number of methoxy groups -OCH3 is 2. The number of ether oxygens (including phenoxy) is 3. The lowest BCUT2D eigenvalue weighted by Gasteiger charge is -2.15. The molecule has 0 aliphatic carbocycles. The largest absolute Gasteiger partial charge is 0.494 e. The van der Waals surface area contributed by atoms with E-state index in [0.29, 0.717) is 24.7 Å². The fourth-order valence-electron chi connectivity index (χ4n) is 2.46. The average Bonchev–Trinajstić information content (AvgIpc) is 2.67. The fraction of sp³-hybridized carbons (Fsp3) is 0.286. The van der Waals surface area contributed by atoms with Crippen molar-refractivity contribution < 1.29 is 19.0 Å². The molecule has 0 heterocycles. The highest BCUT2D eigenvalue weighted by Crippen LogP contribution is 2.28. The first-order valence-electron chi connectivity index (χ1n) is 8.44. The maximum Gasteiger partial charge on any atom is 0.246 e. The second-order valence-corrected chi connectivity index (χ2v) is 5.72. The average molecular weight is 355 g/mol. The highest BCUT2D eigenvalue weighted by atomic mass is 16.5. The van der Waals surface area contributed by atoms with Crippen LogP contribution in [0, 0.1) is 0 Å². The molecule has 0 fully saturated rings. The molecule has 0 N–H and O–H groups in total. The van der Waals surface area contributed by atoms with Gasteiger partial charge in [-0.05, 0) is 48.4 Å². The molecular formula is C21H25NO4. The van der Waals surface area contributed by atoms with E-state index in [1.54, 1.807) is 38.3 Å². The fourth-order valence-corrected chi connectivity index (χ4v) is 2.46. The molecule has 26 heavy (non-hydrogen) atoms. The molecule has 2 rings (SSSR count). The minimum atomic E-state index is -0.0753. The number of benzene rings is 2. The number of nitrogens with zero attached hydrogens (tertiary/aromatic N) is 1. The molecule has 138 valence electrons. The summed E-state index contributed by atoms with van der Waals surface area (Å²) in [5, 5.41) is 0. The molecule has 0 aliphatic rings. The lowest BCUT2D eigenvalue weighted by Crippen LogP contribution is -2.24. The SMILES string of the molecule is CCOc1ccc(CN(C)C(=O)/C=C/c2ccc(OC)c(OC)c2)cc1. The van der Waals surface area contributed by atoms with E-state index in [4.69, 9.17) is 14.2 Å². The predicted octanol–water partition coefficient (Wildman–Crippen LogP) is 3.77. The topological polar surface area (TPSA) is 48.0 Å². The van der Waals surface area contributed by atoms with Crippen LogP contribution in [0.5, 0.6) is 17.2 Å². The lowest BCUT2D eigenvalue weighted by atomic mass is 10.1. The Morgan fingerprint density at radius 3 is 2.35 bits per heavy atom. The van der Waals surface area contributed by atoms with E-state index in [0.717, 1.165) is 16.9 Å². The molecule has 0 radical (unpaired) electrons. The third-order valence-electron chi connectivity index (χ3n) is 3.86. The number of carbonyl (C=O) groups is 1. The van der Waals surface area contributed by atoms with Gasteiger partial charge in [0, 0.05) is 19.7 Å². The van der Waals surface area contributed by atoms with Crippen LogP contribution >= 0.6 is 0 Å². The summed E-state index contributed by atoms with van der Waals surface area (Å²) in [7, 11) is 4.95. The van der Waals surface area contributed by atoms with Gasteiger partial charge in [0.1, 0.15) is 5.75 Å². The van der Waals surface area contributed by atoms with Gasteiger partial charge >= 0.3 is 0 Å². The lowest BCUT2D eigenvalue weighted by molar-refractivity contribution is -0.125. The molecule has 0 unspecified atom stereocenters. The van der Waals surface area contributed by atoms with Crippen molar-refractivity contribution in [1.82, 2.24) is 4.90 Å². The number of hydrogen-bond donors (Lipinski definition) is 0. The maximum atomic E-state index is 12.3. The number of carbonyl (C=O) groups excluding carboxylic acids is 1. The van der Waals surface area contributed by atoms with Gasteiger partial charge in [0.05, 0.1) is 20.8 Å². The highest BCUT2D eigenvalue weighted by Gasteiger charge is 2.07. The van der Waals surface area contributed by atoms with Crippen molar-refractivity contribution in [2.75, 3.05) is 27.9 Å². The normalized spacial score (nSPS) is 10.6. The van der Waals surface area contributed by atoms with Crippen LogP contribution in [0.2, 0.25) is 0 Å². The third-order valence-corrected chi connectivity index (χ3v) is 3.86. The molecule has 1 amide bonds. The Bertz CT molecular complexity index is 753. The van der Waals surface area contributed by atoms with Gasteiger partial charge in [-0.2, -0.15) is 0 Å². The first kappa shape index (κ1) is 19.4. The molecule has 0 atom stereocenters. The molecule has 0 saturated heterocycles. The van der Waals surface area contributed by atoms with Crippen LogP contribution < -0.4 is 14.2 Å². The molecule has 0 saturated carbocycles. The second kappa shape index (κ2) is 9.51. The van der Waals surface area contributed by atoms with Crippen LogP contribution in [-0.2, 0) is 11.3 Å². The molecule has 0 aromatic heterocycles. The Balaban J connectivity index is 1.98. The predicted molar refractivity (Wildman–Crippen MR) is 103 cm³/mol. The van der Waals surface area contributed by atoms with E-state index in [9.17, 15) is 4.79 Å². The summed E-state index contributed by atoms with van der Waals surface area (Å²) in [4.78, 5) is 14.0. The summed E-state index contributed by atoms with van der Waals surface area (Å²) < 4.78 is 15.9. The second-order valence-electron chi connectivity index (χ2n) is 5.72. The molecule has 0 spiro atoms. The summed E-state index contributed by atoms with van der Waals surface area (Å²) in [5.41, 5.74) is 1.91. The van der Waals surface area contributed by atoms with E-state index >= 15 is 0 Å². The smallest absolute Gasteiger partial charge is 0.246 e. The van der Waals surface area contributed by atoms with Crippen molar-refractivity contribution in [3.63, 3.8) is 0 Å². The van der Waals surface area contributed by atoms with E-state index in [1.165, 1.54) is 0 Å². The molecule has 0 bridgehead atoms. The molecule has 2 aromatic carbocycles. The van der Waals surface area contributed by atoms with Gasteiger partial charge < -0.3 is 19.1 Å². The molecule has 2 aromatic rings. The van der Waals surface area contributed by atoms with E-state index in [1.807, 2.05) is 49.4 Å². The summed E-state index contributed by atoms with van der Waals surface area (Å²) >= 11 is 0. The number of hydrogen-bond acceptors (Lipinski definition) is 4. The van der Waals surface area contributed by atoms with Gasteiger partial charge in [-0.1, -0.05) is 18.2 Å². The zero-order valence-electron chi connectivity index (χ0n) is 15.7. The number of rotatable bonds is 8. The summed E-state index contributed by atoms with van der Waals surface area (Å²) in [6.07, 6.45) is 3.31. The third kappa shape index (κ3) is 5.28. The minimum absolute atomic E-state index is 0.0753. The Morgan fingerprint density at radius 1 is 1.04 bits per heavy atom. The zero-order chi connectivity index (χ0) is 18.9. The maximum absolute atomic E-state index is 12.3. The van der Waals surface area contributed by atoms with Gasteiger partial charge in [0.25, 0.3) is 0 Å². The van der Waals surface area contributed by atoms with Crippen molar-refractivity contribution in [1.29, 1.82) is 0 Å². The Hall–Kier alpha value is -2.95. The first-order chi connectivity index (χ1) is 12.6. The Kier molecular flexibility index (Phi) is 7.09. The van der Waals surface area contributed by atoms with Gasteiger partial charge in [0.2, 0.25) is 5.91 Å². The van der Waals surface area contributed by atoms with Gasteiger partial charge in [-0.3, -0.25) is 4.79 Å². The Labute approximate surface area is 154 Å². The van der Waals surface area contributed by atoms with Crippen molar-refractivity contribution in [3.8, 4) is 17.2 Å². The summed E-state index contributed by atoms with van der Waals surface area (Å²) in [6, 6.07) is 13.3. The van der Waals surface area contributed by atoms with Crippen LogP contribution in [-0.4, -0.2) is 38.7 Å². The number of amides is 1. The van der Waals surface area contributed by atoms with Gasteiger partial charge in [-0.25, -0.2) is 0 Å². The van der Waals surface area contributed by atoms with Gasteiger partial charge in [0.15, 0.2) is 11.5 Å². The number of likely N-dealkylation sites (N-methyl/N-ethyl adjacent to an activating group) is 1. The first-order valence-corrected chi connectivity index (χ1v) is 8.44. The van der Waals surface area contributed by atoms with Crippen molar-refractivity contribution in [2.45, 2.75) is 13.5 Å². The highest BCUT2D eigenvalue weighted by molar-refractivity contribution is 5.91. The molecule has 0 aliphatic heterocycles. The minimum Gasteiger partial charge on any atom is -0.494 e. The monoisotopic (exact) mass is 355 g/mol. The van der Waals surface area contributed by atoms with Crippen LogP contribution in [0.15, 0.2) is 48.5 Å². The van der Waals surface area contributed by atoms with Crippen molar-refractivity contribution in [2.24, 2.45) is 0 Å². The van der Waals surface area contributed by atoms with Crippen LogP contribution in [0.4, 0.5) is 0 Å². The van der Waals surface area contributed by atoms with E-state index in [2.05, 4.69) is 0 Å². The Morgan fingerprint density at radius 2 is 1.73 bits per heavy atom. The van der Waals surface area contributed by atoms with Crippen molar-refractivity contribution in [3.05, 3.63) is 59.7 Å². The van der Waals surface area contributed by atoms with Crippen LogP contribution in [0.25, 0.3) is 6.08 Å². The van der Waals surface area contributed by atoms with Crippen LogP contribution in [0.3, 0.4) is 0 Å². The molecule has 5 heteroatoms. The quantitative estimate of drug-likeness (QED) is 0.676. The van der Waals surface area contributed by atoms with E-state index < -0.39 is 0 Å². The molecule has 5 nitrogen and oxygen atoms in total. The van der Waals surface area contributed by atoms with Crippen LogP contribution in [0.1, 0.15) is 18.1 Å². The van der Waals surface area contributed by atoms with E-state index in [-0.39, 0.29) is 5.91 Å². The summed E-state index contributed by atoms with van der Waals surface area (Å²) in [6.45, 7) is 3.12. The summed E-state index contributed by atoms with van der Waals surface area (Å²) in [5.74, 6) is 2.04. The standard InChI is InChI=1S/C21H25NO4/c1-5-26-18-10-6-17(7-11-18)15-22(2)21(23)13-9-16-8-12-19(24-3)20(14-16)25-4/h6-14H,5,15H2,1-4H3/b13-9+.